The molecule has 1 unspecified atom stereocenters. The first-order valence-electron chi connectivity index (χ1n) is 9.87. The summed E-state index contributed by atoms with van der Waals surface area (Å²) in [6, 6.07) is 13.2. The molecule has 0 aliphatic carbocycles. The Morgan fingerprint density at radius 2 is 1.97 bits per heavy atom. The first-order chi connectivity index (χ1) is 14.1. The molecule has 0 spiro atoms. The summed E-state index contributed by atoms with van der Waals surface area (Å²) >= 11 is 0. The first kappa shape index (κ1) is 19.1. The molecule has 6 heteroatoms. The van der Waals surface area contributed by atoms with Gasteiger partial charge in [-0.05, 0) is 36.8 Å². The van der Waals surface area contributed by atoms with Gasteiger partial charge in [0.1, 0.15) is 0 Å². The minimum Gasteiger partial charge on any atom is -0.357 e. The Morgan fingerprint density at radius 1 is 1.21 bits per heavy atom. The molecule has 0 saturated carbocycles. The number of ketones is 2. The van der Waals surface area contributed by atoms with E-state index in [1.807, 2.05) is 61.3 Å². The normalized spacial score (nSPS) is 15.0. The van der Waals surface area contributed by atoms with Crippen molar-refractivity contribution < 1.29 is 9.59 Å². The predicted molar refractivity (Wildman–Crippen MR) is 113 cm³/mol. The number of benzene rings is 1. The number of H-pyrrole nitrogens is 1. The van der Waals surface area contributed by atoms with Gasteiger partial charge >= 0.3 is 0 Å². The van der Waals surface area contributed by atoms with E-state index in [1.54, 1.807) is 12.4 Å². The molecular formula is C23H24N4O2. The van der Waals surface area contributed by atoms with Gasteiger partial charge in [0.25, 0.3) is 0 Å². The standard InChI is InChI=1S/C23H24N4O2/c1-3-15(2)23(29)17-6-4-5-7-19(17)26-27-13-21-18(22(28)14-27)12-20(25-21)16-8-10-24-11-9-16/h4-12,15,25-26H,3,13-14H2,1-2H3. The van der Waals surface area contributed by atoms with Crippen LogP contribution in [0.15, 0.2) is 54.9 Å². The minimum atomic E-state index is -0.0427. The lowest BCUT2D eigenvalue weighted by Crippen LogP contribution is -2.39. The number of nitrogens with zero attached hydrogens (tertiary/aromatic N) is 2. The summed E-state index contributed by atoms with van der Waals surface area (Å²) < 4.78 is 0. The van der Waals surface area contributed by atoms with Crippen LogP contribution in [0, 0.1) is 5.92 Å². The molecule has 0 amide bonds. The van der Waals surface area contributed by atoms with Gasteiger partial charge in [-0.15, -0.1) is 0 Å². The number of anilines is 1. The molecule has 0 fully saturated rings. The third-order valence-electron chi connectivity index (χ3n) is 5.41. The molecular weight excluding hydrogens is 364 g/mol. The maximum atomic E-state index is 12.7. The van der Waals surface area contributed by atoms with Crippen molar-refractivity contribution in [2.24, 2.45) is 5.92 Å². The van der Waals surface area contributed by atoms with E-state index >= 15 is 0 Å². The second-order valence-corrected chi connectivity index (χ2v) is 7.42. The molecule has 1 atom stereocenters. The molecule has 2 aromatic heterocycles. The van der Waals surface area contributed by atoms with Crippen LogP contribution in [0.3, 0.4) is 0 Å². The molecule has 0 radical (unpaired) electrons. The maximum absolute atomic E-state index is 12.7. The number of aromatic nitrogens is 2. The summed E-state index contributed by atoms with van der Waals surface area (Å²) in [5, 5.41) is 1.85. The van der Waals surface area contributed by atoms with E-state index in [2.05, 4.69) is 15.4 Å². The second kappa shape index (κ2) is 8.01. The molecule has 2 N–H and O–H groups in total. The molecule has 1 aliphatic heterocycles. The molecule has 1 aromatic carbocycles. The van der Waals surface area contributed by atoms with Gasteiger partial charge in [-0.1, -0.05) is 26.0 Å². The number of Topliss-reactive ketones (excluding diaryl/α,β-unsaturated/α-hetero) is 2. The third kappa shape index (κ3) is 3.84. The minimum absolute atomic E-state index is 0.0426. The fraction of sp³-hybridized carbons (Fsp3) is 0.261. The predicted octanol–water partition coefficient (Wildman–Crippen LogP) is 4.33. The van der Waals surface area contributed by atoms with Gasteiger partial charge in [0, 0.05) is 46.4 Å². The highest BCUT2D eigenvalue weighted by Gasteiger charge is 2.27. The lowest BCUT2D eigenvalue weighted by molar-refractivity contribution is 0.0921. The molecule has 3 aromatic rings. The van der Waals surface area contributed by atoms with Gasteiger partial charge in [-0.3, -0.25) is 14.6 Å². The van der Waals surface area contributed by atoms with Crippen LogP contribution in [0.4, 0.5) is 5.69 Å². The molecule has 4 rings (SSSR count). The van der Waals surface area contributed by atoms with Crippen LogP contribution in [-0.2, 0) is 6.54 Å². The van der Waals surface area contributed by atoms with Gasteiger partial charge in [-0.2, -0.15) is 0 Å². The summed E-state index contributed by atoms with van der Waals surface area (Å²) in [6.07, 6.45) is 4.26. The third-order valence-corrected chi connectivity index (χ3v) is 5.41. The quantitative estimate of drug-likeness (QED) is 0.615. The van der Waals surface area contributed by atoms with Crippen molar-refractivity contribution in [1.82, 2.24) is 15.0 Å². The summed E-state index contributed by atoms with van der Waals surface area (Å²) in [6.45, 7) is 4.73. The highest BCUT2D eigenvalue weighted by molar-refractivity contribution is 6.03. The Morgan fingerprint density at radius 3 is 2.72 bits per heavy atom. The van der Waals surface area contributed by atoms with Gasteiger partial charge in [-0.25, -0.2) is 5.01 Å². The SMILES string of the molecule is CCC(C)C(=O)c1ccccc1NN1CC(=O)c2cc(-c3ccncc3)[nH]c2C1. The maximum Gasteiger partial charge on any atom is 0.180 e. The Hall–Kier alpha value is -3.25. The summed E-state index contributed by atoms with van der Waals surface area (Å²) in [4.78, 5) is 32.9. The molecule has 6 nitrogen and oxygen atoms in total. The zero-order valence-electron chi connectivity index (χ0n) is 16.6. The van der Waals surface area contributed by atoms with Crippen LogP contribution in [-0.4, -0.2) is 33.1 Å². The van der Waals surface area contributed by atoms with Gasteiger partial charge in [0.2, 0.25) is 0 Å². The fourth-order valence-corrected chi connectivity index (χ4v) is 3.56. The largest absolute Gasteiger partial charge is 0.357 e. The number of nitrogens with one attached hydrogen (secondary N) is 2. The van der Waals surface area contributed by atoms with E-state index in [-0.39, 0.29) is 24.0 Å². The van der Waals surface area contributed by atoms with Crippen molar-refractivity contribution in [2.75, 3.05) is 12.0 Å². The van der Waals surface area contributed by atoms with E-state index in [0.29, 0.717) is 12.1 Å². The number of hydrazine groups is 1. The number of fused-ring (bicyclic) bond motifs is 1. The van der Waals surface area contributed by atoms with Crippen molar-refractivity contribution in [3.8, 4) is 11.3 Å². The van der Waals surface area contributed by atoms with Gasteiger partial charge in [0.05, 0.1) is 18.8 Å². The Balaban J connectivity index is 1.57. The van der Waals surface area contributed by atoms with Crippen LogP contribution >= 0.6 is 0 Å². The first-order valence-corrected chi connectivity index (χ1v) is 9.87. The lowest BCUT2D eigenvalue weighted by Gasteiger charge is -2.28. The molecule has 3 heterocycles. The summed E-state index contributed by atoms with van der Waals surface area (Å²) in [7, 11) is 0. The van der Waals surface area contributed by atoms with E-state index in [9.17, 15) is 9.59 Å². The van der Waals surface area contributed by atoms with Gasteiger partial charge in [0.15, 0.2) is 11.6 Å². The number of hydrogen-bond acceptors (Lipinski definition) is 5. The Bertz CT molecular complexity index is 1040. The van der Waals surface area contributed by atoms with Crippen molar-refractivity contribution >= 4 is 17.3 Å². The highest BCUT2D eigenvalue weighted by Crippen LogP contribution is 2.27. The summed E-state index contributed by atoms with van der Waals surface area (Å²) in [5.74, 6) is 0.111. The molecule has 148 valence electrons. The Kier molecular flexibility index (Phi) is 5.27. The zero-order valence-corrected chi connectivity index (χ0v) is 16.6. The van der Waals surface area contributed by atoms with Crippen LogP contribution in [0.25, 0.3) is 11.3 Å². The van der Waals surface area contributed by atoms with Gasteiger partial charge < -0.3 is 10.4 Å². The van der Waals surface area contributed by atoms with Crippen LogP contribution < -0.4 is 5.43 Å². The second-order valence-electron chi connectivity index (χ2n) is 7.42. The van der Waals surface area contributed by atoms with Crippen molar-refractivity contribution in [2.45, 2.75) is 26.8 Å². The van der Waals surface area contributed by atoms with E-state index < -0.39 is 0 Å². The number of carbonyl (C=O) groups excluding carboxylic acids is 2. The zero-order chi connectivity index (χ0) is 20.4. The van der Waals surface area contributed by atoms with Crippen LogP contribution in [0.1, 0.15) is 46.7 Å². The number of rotatable bonds is 6. The van der Waals surface area contributed by atoms with Crippen LogP contribution in [0.2, 0.25) is 0 Å². The van der Waals surface area contributed by atoms with E-state index in [1.165, 1.54) is 0 Å². The molecule has 1 aliphatic rings. The average Bonchev–Trinajstić information content (AvgIpc) is 3.18. The summed E-state index contributed by atoms with van der Waals surface area (Å²) in [5.41, 5.74) is 8.16. The van der Waals surface area contributed by atoms with Crippen molar-refractivity contribution in [3.63, 3.8) is 0 Å². The van der Waals surface area contributed by atoms with Crippen molar-refractivity contribution in [1.29, 1.82) is 0 Å². The number of aromatic amines is 1. The number of pyridine rings is 1. The highest BCUT2D eigenvalue weighted by atomic mass is 16.1. The average molecular weight is 388 g/mol. The Labute approximate surface area is 169 Å². The van der Waals surface area contributed by atoms with E-state index in [4.69, 9.17) is 0 Å². The topological polar surface area (TPSA) is 78.1 Å². The van der Waals surface area contributed by atoms with E-state index in [0.717, 1.165) is 34.6 Å². The number of carbonyl (C=O) groups is 2. The lowest BCUT2D eigenvalue weighted by atomic mass is 9.96. The van der Waals surface area contributed by atoms with Crippen molar-refractivity contribution in [3.05, 3.63) is 71.7 Å². The molecule has 29 heavy (non-hydrogen) atoms. The molecule has 0 saturated heterocycles. The fourth-order valence-electron chi connectivity index (χ4n) is 3.56. The number of hydrogen-bond donors (Lipinski definition) is 2. The smallest absolute Gasteiger partial charge is 0.180 e. The monoisotopic (exact) mass is 388 g/mol. The van der Waals surface area contributed by atoms with Crippen LogP contribution in [0.5, 0.6) is 0 Å². The molecule has 0 bridgehead atoms. The number of para-hydroxylation sites is 1.